The molecule has 1 heterocycles. The van der Waals surface area contributed by atoms with Crippen LogP contribution in [0.25, 0.3) is 22.3 Å². The molecule has 0 fully saturated rings. The molecule has 1 aromatic heterocycles. The minimum atomic E-state index is -0.562. The van der Waals surface area contributed by atoms with Crippen molar-refractivity contribution in [1.29, 1.82) is 0 Å². The van der Waals surface area contributed by atoms with E-state index < -0.39 is 4.92 Å². The number of aromatic nitrogens is 2. The molecule has 5 aromatic rings. The average molecular weight is 525 g/mol. The minimum Gasteiger partial charge on any atom is -0.481 e. The number of hydrogen-bond donors (Lipinski definition) is 0. The molecule has 0 N–H and O–H groups in total. The topological polar surface area (TPSA) is 99.6 Å². The molecule has 188 valence electrons. The Morgan fingerprint density at radius 1 is 1.03 bits per heavy atom. The van der Waals surface area contributed by atoms with Crippen molar-refractivity contribution in [3.8, 4) is 17.1 Å². The lowest BCUT2D eigenvalue weighted by atomic mass is 10.1. The normalized spacial score (nSPS) is 11.2. The van der Waals surface area contributed by atoms with Crippen LogP contribution >= 0.6 is 11.6 Å². The van der Waals surface area contributed by atoms with Gasteiger partial charge in [-0.1, -0.05) is 83.9 Å². The molecule has 0 atom stereocenters. The molecule has 38 heavy (non-hydrogen) atoms. The van der Waals surface area contributed by atoms with E-state index in [-0.39, 0.29) is 28.6 Å². The van der Waals surface area contributed by atoms with E-state index in [1.807, 2.05) is 61.5 Å². The molecule has 0 aliphatic carbocycles. The second kappa shape index (κ2) is 10.7. The van der Waals surface area contributed by atoms with Gasteiger partial charge in [0.2, 0.25) is 5.75 Å². The molecule has 5 rings (SSSR count). The summed E-state index contributed by atoms with van der Waals surface area (Å²) < 4.78 is 6.93. The molecule has 0 aliphatic rings. The molecule has 0 spiro atoms. The molecule has 0 unspecified atom stereocenters. The highest BCUT2D eigenvalue weighted by molar-refractivity contribution is 6.32. The Morgan fingerprint density at radius 2 is 1.79 bits per heavy atom. The third kappa shape index (κ3) is 5.16. The van der Waals surface area contributed by atoms with Crippen LogP contribution in [-0.2, 0) is 6.61 Å². The molecule has 0 radical (unpaired) electrons. The van der Waals surface area contributed by atoms with Crippen molar-refractivity contribution in [1.82, 2.24) is 9.66 Å². The lowest BCUT2D eigenvalue weighted by molar-refractivity contribution is -0.385. The second-order valence-electron chi connectivity index (χ2n) is 8.57. The van der Waals surface area contributed by atoms with Crippen LogP contribution in [-0.4, -0.2) is 20.8 Å². The number of rotatable bonds is 7. The predicted molar refractivity (Wildman–Crippen MR) is 148 cm³/mol. The van der Waals surface area contributed by atoms with Crippen molar-refractivity contribution in [2.45, 2.75) is 13.5 Å². The first-order chi connectivity index (χ1) is 18.4. The SMILES string of the molecule is Cc1cccc(COc2c(Cl)cc(C=Nn3c(-c4ccccc4)nc4ccccc4c3=O)cc2[N+](=O)[O-])c1. The van der Waals surface area contributed by atoms with Crippen molar-refractivity contribution in [2.75, 3.05) is 0 Å². The number of fused-ring (bicyclic) bond motifs is 1. The summed E-state index contributed by atoms with van der Waals surface area (Å²) >= 11 is 6.42. The second-order valence-corrected chi connectivity index (χ2v) is 8.97. The zero-order chi connectivity index (χ0) is 26.6. The highest BCUT2D eigenvalue weighted by Crippen LogP contribution is 2.36. The highest BCUT2D eigenvalue weighted by Gasteiger charge is 2.21. The van der Waals surface area contributed by atoms with Crippen LogP contribution in [0.4, 0.5) is 5.69 Å². The predicted octanol–water partition coefficient (Wildman–Crippen LogP) is 6.39. The number of aryl methyl sites for hydroxylation is 1. The van der Waals surface area contributed by atoms with E-state index in [9.17, 15) is 14.9 Å². The third-order valence-electron chi connectivity index (χ3n) is 5.82. The van der Waals surface area contributed by atoms with Crippen LogP contribution < -0.4 is 10.3 Å². The van der Waals surface area contributed by atoms with Gasteiger partial charge in [0, 0.05) is 17.2 Å². The van der Waals surface area contributed by atoms with Gasteiger partial charge in [-0.05, 0) is 30.7 Å². The van der Waals surface area contributed by atoms with Gasteiger partial charge in [0.25, 0.3) is 5.56 Å². The van der Waals surface area contributed by atoms with Crippen LogP contribution in [0.3, 0.4) is 0 Å². The molecular weight excluding hydrogens is 504 g/mol. The average Bonchev–Trinajstić information content (AvgIpc) is 2.92. The van der Waals surface area contributed by atoms with Gasteiger partial charge in [-0.3, -0.25) is 14.9 Å². The monoisotopic (exact) mass is 524 g/mol. The van der Waals surface area contributed by atoms with E-state index in [0.717, 1.165) is 11.1 Å². The molecule has 0 bridgehead atoms. The minimum absolute atomic E-state index is 0.0372. The van der Waals surface area contributed by atoms with Crippen molar-refractivity contribution >= 4 is 34.4 Å². The van der Waals surface area contributed by atoms with E-state index in [1.165, 1.54) is 23.0 Å². The van der Waals surface area contributed by atoms with Gasteiger partial charge in [0.05, 0.1) is 27.1 Å². The number of halogens is 1. The number of nitro benzene ring substituents is 1. The first-order valence-electron chi connectivity index (χ1n) is 11.7. The number of para-hydroxylation sites is 1. The van der Waals surface area contributed by atoms with Crippen molar-refractivity contribution in [2.24, 2.45) is 5.10 Å². The number of hydrogen-bond acceptors (Lipinski definition) is 6. The van der Waals surface area contributed by atoms with E-state index in [1.54, 1.807) is 24.3 Å². The first-order valence-corrected chi connectivity index (χ1v) is 12.1. The lowest BCUT2D eigenvalue weighted by Crippen LogP contribution is -2.20. The Labute approximate surface area is 222 Å². The fraction of sp³-hybridized carbons (Fsp3) is 0.0690. The summed E-state index contributed by atoms with van der Waals surface area (Å²) in [5.41, 5.74) is 2.78. The summed E-state index contributed by atoms with van der Waals surface area (Å²) in [5.74, 6) is 0.300. The summed E-state index contributed by atoms with van der Waals surface area (Å²) in [7, 11) is 0. The fourth-order valence-electron chi connectivity index (χ4n) is 4.04. The van der Waals surface area contributed by atoms with Gasteiger partial charge >= 0.3 is 5.69 Å². The molecule has 0 saturated carbocycles. The maximum absolute atomic E-state index is 13.3. The Kier molecular flexibility index (Phi) is 6.97. The van der Waals surface area contributed by atoms with Crippen LogP contribution in [0.2, 0.25) is 5.02 Å². The standard InChI is InChI=1S/C29H21ClN4O4/c1-19-8-7-9-20(14-19)18-38-27-24(30)15-21(16-26(27)34(36)37)17-31-33-28(22-10-3-2-4-11-22)32-25-13-6-5-12-23(25)29(33)35/h2-17H,18H2,1H3. The number of benzene rings is 4. The van der Waals surface area contributed by atoms with E-state index in [4.69, 9.17) is 16.3 Å². The van der Waals surface area contributed by atoms with E-state index >= 15 is 0 Å². The summed E-state index contributed by atoms with van der Waals surface area (Å²) in [6.07, 6.45) is 1.34. The number of nitrogens with zero attached hydrogens (tertiary/aromatic N) is 4. The van der Waals surface area contributed by atoms with Crippen LogP contribution in [0, 0.1) is 17.0 Å². The van der Waals surface area contributed by atoms with E-state index in [2.05, 4.69) is 10.1 Å². The zero-order valence-corrected chi connectivity index (χ0v) is 21.0. The van der Waals surface area contributed by atoms with Crippen LogP contribution in [0.15, 0.2) is 101 Å². The Balaban J connectivity index is 1.55. The highest BCUT2D eigenvalue weighted by atomic mass is 35.5. The van der Waals surface area contributed by atoms with Gasteiger partial charge in [-0.15, -0.1) is 0 Å². The molecule has 0 amide bonds. The van der Waals surface area contributed by atoms with Crippen molar-refractivity contribution < 1.29 is 9.66 Å². The lowest BCUT2D eigenvalue weighted by Gasteiger charge is -2.11. The first kappa shape index (κ1) is 24.9. The molecule has 8 nitrogen and oxygen atoms in total. The maximum Gasteiger partial charge on any atom is 0.313 e. The fourth-order valence-corrected chi connectivity index (χ4v) is 4.32. The van der Waals surface area contributed by atoms with Gasteiger partial charge in [0.1, 0.15) is 6.61 Å². The Hall–Kier alpha value is -4.82. The van der Waals surface area contributed by atoms with Gasteiger partial charge in [-0.2, -0.15) is 9.78 Å². The molecule has 4 aromatic carbocycles. The van der Waals surface area contributed by atoms with E-state index in [0.29, 0.717) is 27.9 Å². The number of nitro groups is 1. The summed E-state index contributed by atoms with van der Waals surface area (Å²) in [6, 6.07) is 26.6. The smallest absolute Gasteiger partial charge is 0.313 e. The molecule has 9 heteroatoms. The van der Waals surface area contributed by atoms with Crippen molar-refractivity contribution in [3.63, 3.8) is 0 Å². The van der Waals surface area contributed by atoms with Crippen molar-refractivity contribution in [3.05, 3.63) is 133 Å². The zero-order valence-electron chi connectivity index (χ0n) is 20.2. The summed E-state index contributed by atoms with van der Waals surface area (Å²) in [5, 5.41) is 16.7. The third-order valence-corrected chi connectivity index (χ3v) is 6.10. The summed E-state index contributed by atoms with van der Waals surface area (Å²) in [4.78, 5) is 29.3. The number of ether oxygens (including phenoxy) is 1. The molecular formula is C29H21ClN4O4. The molecule has 0 aliphatic heterocycles. The quantitative estimate of drug-likeness (QED) is 0.139. The van der Waals surface area contributed by atoms with Crippen LogP contribution in [0.5, 0.6) is 5.75 Å². The van der Waals surface area contributed by atoms with Gasteiger partial charge in [-0.25, -0.2) is 4.98 Å². The van der Waals surface area contributed by atoms with Gasteiger partial charge < -0.3 is 4.74 Å². The Bertz CT molecular complexity index is 1750. The summed E-state index contributed by atoms with van der Waals surface area (Å²) in [6.45, 7) is 2.07. The van der Waals surface area contributed by atoms with Gasteiger partial charge in [0.15, 0.2) is 5.82 Å². The maximum atomic E-state index is 13.3. The molecule has 0 saturated heterocycles. The van der Waals surface area contributed by atoms with Crippen LogP contribution in [0.1, 0.15) is 16.7 Å². The largest absolute Gasteiger partial charge is 0.481 e. The Morgan fingerprint density at radius 3 is 2.55 bits per heavy atom.